The van der Waals surface area contributed by atoms with Crippen LogP contribution in [0.1, 0.15) is 18.4 Å². The molecule has 0 radical (unpaired) electrons. The highest BCUT2D eigenvalue weighted by Gasteiger charge is 2.15. The predicted molar refractivity (Wildman–Crippen MR) is 69.8 cm³/mol. The third-order valence-electron chi connectivity index (χ3n) is 3.01. The molecular formula is C13H17ClN2O2. The number of carbonyl (C=O) groups is 1. The third-order valence-corrected chi connectivity index (χ3v) is 3.35. The summed E-state index contributed by atoms with van der Waals surface area (Å²) in [5.74, 6) is 0.0571. The zero-order valence-electron chi connectivity index (χ0n) is 10.2. The summed E-state index contributed by atoms with van der Waals surface area (Å²) in [6.45, 7) is 2.10. The smallest absolute Gasteiger partial charge is 0.162 e. The van der Waals surface area contributed by atoms with E-state index in [1.165, 1.54) is 0 Å². The maximum absolute atomic E-state index is 11.8. The number of pyridine rings is 1. The Hall–Kier alpha value is -0.970. The van der Waals surface area contributed by atoms with E-state index in [0.29, 0.717) is 11.4 Å². The van der Waals surface area contributed by atoms with Crippen molar-refractivity contribution in [2.45, 2.75) is 25.4 Å². The van der Waals surface area contributed by atoms with E-state index in [1.54, 1.807) is 18.5 Å². The van der Waals surface area contributed by atoms with Crippen LogP contribution in [0, 0.1) is 0 Å². The van der Waals surface area contributed by atoms with Gasteiger partial charge in [-0.2, -0.15) is 0 Å². The van der Waals surface area contributed by atoms with E-state index in [0.717, 1.165) is 31.5 Å². The van der Waals surface area contributed by atoms with Gasteiger partial charge in [-0.1, -0.05) is 11.6 Å². The number of nitrogens with zero attached hydrogens (tertiary/aromatic N) is 1. The minimum Gasteiger partial charge on any atom is -0.370 e. The van der Waals surface area contributed by atoms with Crippen molar-refractivity contribution in [3.63, 3.8) is 0 Å². The first kappa shape index (κ1) is 13.5. The Balaban J connectivity index is 1.76. The maximum Gasteiger partial charge on any atom is 0.162 e. The van der Waals surface area contributed by atoms with Gasteiger partial charge in [0.1, 0.15) is 6.61 Å². The number of aromatic nitrogens is 1. The molecule has 1 saturated heterocycles. The molecule has 1 aliphatic heterocycles. The van der Waals surface area contributed by atoms with Crippen LogP contribution in [0.5, 0.6) is 0 Å². The molecule has 0 saturated carbocycles. The predicted octanol–water partition coefficient (Wildman–Crippen LogP) is 1.62. The fourth-order valence-corrected chi connectivity index (χ4v) is 2.17. The molecule has 1 aliphatic rings. The van der Waals surface area contributed by atoms with Gasteiger partial charge in [0.15, 0.2) is 5.78 Å². The highest BCUT2D eigenvalue weighted by molar-refractivity contribution is 6.31. The van der Waals surface area contributed by atoms with E-state index in [-0.39, 0.29) is 18.5 Å². The van der Waals surface area contributed by atoms with Crippen molar-refractivity contribution in [3.05, 3.63) is 29.0 Å². The second-order valence-electron chi connectivity index (χ2n) is 4.44. The zero-order chi connectivity index (χ0) is 12.8. The zero-order valence-corrected chi connectivity index (χ0v) is 10.9. The Morgan fingerprint density at radius 2 is 2.28 bits per heavy atom. The number of hydrogen-bond donors (Lipinski definition) is 1. The van der Waals surface area contributed by atoms with E-state index in [4.69, 9.17) is 16.3 Å². The number of Topliss-reactive ketones (excluding diaryl/α,β-unsaturated/α-hetero) is 1. The molecule has 2 heterocycles. The highest BCUT2D eigenvalue weighted by atomic mass is 35.5. The average molecular weight is 269 g/mol. The number of carbonyl (C=O) groups excluding carboxylic acids is 1. The molecule has 4 nitrogen and oxygen atoms in total. The first-order valence-electron chi connectivity index (χ1n) is 6.18. The Kier molecular flexibility index (Phi) is 5.11. The van der Waals surface area contributed by atoms with Crippen molar-refractivity contribution in [2.75, 3.05) is 19.7 Å². The van der Waals surface area contributed by atoms with Gasteiger partial charge in [0, 0.05) is 18.8 Å². The number of nitrogens with one attached hydrogen (secondary N) is 1. The fourth-order valence-electron chi connectivity index (χ4n) is 1.98. The van der Waals surface area contributed by atoms with Crippen LogP contribution in [0.25, 0.3) is 0 Å². The van der Waals surface area contributed by atoms with Gasteiger partial charge in [-0.05, 0) is 37.6 Å². The molecular weight excluding hydrogens is 252 g/mol. The van der Waals surface area contributed by atoms with Crippen LogP contribution in [-0.2, 0) is 16.0 Å². The summed E-state index contributed by atoms with van der Waals surface area (Å²) in [7, 11) is 0. The number of halogens is 1. The third kappa shape index (κ3) is 4.05. The van der Waals surface area contributed by atoms with E-state index >= 15 is 0 Å². The second kappa shape index (κ2) is 6.83. The molecule has 0 aromatic carbocycles. The van der Waals surface area contributed by atoms with E-state index in [9.17, 15) is 4.79 Å². The minimum atomic E-state index is 0.0571. The molecule has 1 N–H and O–H groups in total. The fraction of sp³-hybridized carbons (Fsp3) is 0.538. The first-order chi connectivity index (χ1) is 8.75. The standard InChI is InChI=1S/C13H17ClN2O2/c14-13-8-16-4-1-10(13)7-11(17)9-18-12-2-5-15-6-3-12/h1,4,8,12,15H,2-3,5-7,9H2. The lowest BCUT2D eigenvalue weighted by molar-refractivity contribution is -0.125. The van der Waals surface area contributed by atoms with Crippen molar-refractivity contribution in [3.8, 4) is 0 Å². The molecule has 0 atom stereocenters. The lowest BCUT2D eigenvalue weighted by Crippen LogP contribution is -2.33. The molecule has 2 rings (SSSR count). The molecule has 0 spiro atoms. The molecule has 18 heavy (non-hydrogen) atoms. The van der Waals surface area contributed by atoms with Crippen LogP contribution >= 0.6 is 11.6 Å². The molecule has 0 unspecified atom stereocenters. The summed E-state index contributed by atoms with van der Waals surface area (Å²) in [5.41, 5.74) is 0.811. The second-order valence-corrected chi connectivity index (χ2v) is 4.85. The quantitative estimate of drug-likeness (QED) is 0.882. The van der Waals surface area contributed by atoms with Crippen LogP contribution in [0.2, 0.25) is 5.02 Å². The van der Waals surface area contributed by atoms with Crippen molar-refractivity contribution < 1.29 is 9.53 Å². The Bertz CT molecular complexity index is 406. The lowest BCUT2D eigenvalue weighted by Gasteiger charge is -2.22. The Morgan fingerprint density at radius 3 is 3.00 bits per heavy atom. The first-order valence-corrected chi connectivity index (χ1v) is 6.56. The van der Waals surface area contributed by atoms with Crippen LogP contribution in [0.15, 0.2) is 18.5 Å². The summed E-state index contributed by atoms with van der Waals surface area (Å²) < 4.78 is 5.61. The number of piperidine rings is 1. The van der Waals surface area contributed by atoms with Crippen molar-refractivity contribution in [2.24, 2.45) is 0 Å². The van der Waals surface area contributed by atoms with Gasteiger partial charge in [-0.15, -0.1) is 0 Å². The molecule has 1 aromatic rings. The molecule has 5 heteroatoms. The van der Waals surface area contributed by atoms with Gasteiger partial charge in [-0.25, -0.2) is 0 Å². The summed E-state index contributed by atoms with van der Waals surface area (Å²) in [6, 6.07) is 1.77. The van der Waals surface area contributed by atoms with Crippen LogP contribution in [-0.4, -0.2) is 36.6 Å². The van der Waals surface area contributed by atoms with E-state index in [2.05, 4.69) is 10.3 Å². The lowest BCUT2D eigenvalue weighted by atomic mass is 10.1. The normalized spacial score (nSPS) is 16.7. The molecule has 0 aliphatic carbocycles. The number of ketones is 1. The van der Waals surface area contributed by atoms with Gasteiger partial charge < -0.3 is 10.1 Å². The van der Waals surface area contributed by atoms with Gasteiger partial charge in [0.05, 0.1) is 11.1 Å². The summed E-state index contributed by atoms with van der Waals surface area (Å²) in [5, 5.41) is 3.80. The Labute approximate surface area is 112 Å². The SMILES string of the molecule is O=C(COC1CCNCC1)Cc1ccncc1Cl. The van der Waals surface area contributed by atoms with Gasteiger partial charge in [-0.3, -0.25) is 9.78 Å². The molecule has 1 fully saturated rings. The van der Waals surface area contributed by atoms with Crippen LogP contribution in [0.4, 0.5) is 0 Å². The highest BCUT2D eigenvalue weighted by Crippen LogP contribution is 2.14. The summed E-state index contributed by atoms with van der Waals surface area (Å²) in [4.78, 5) is 15.7. The molecule has 98 valence electrons. The summed E-state index contributed by atoms with van der Waals surface area (Å²) in [6.07, 6.45) is 5.67. The van der Waals surface area contributed by atoms with Crippen molar-refractivity contribution in [1.29, 1.82) is 0 Å². The molecule has 1 aromatic heterocycles. The van der Waals surface area contributed by atoms with Crippen LogP contribution in [0.3, 0.4) is 0 Å². The van der Waals surface area contributed by atoms with Gasteiger partial charge >= 0.3 is 0 Å². The minimum absolute atomic E-state index is 0.0571. The molecule has 0 amide bonds. The number of hydrogen-bond acceptors (Lipinski definition) is 4. The monoisotopic (exact) mass is 268 g/mol. The van der Waals surface area contributed by atoms with Crippen molar-refractivity contribution >= 4 is 17.4 Å². The van der Waals surface area contributed by atoms with E-state index < -0.39 is 0 Å². The largest absolute Gasteiger partial charge is 0.370 e. The average Bonchev–Trinajstić information content (AvgIpc) is 2.40. The molecule has 0 bridgehead atoms. The van der Waals surface area contributed by atoms with Crippen molar-refractivity contribution in [1.82, 2.24) is 10.3 Å². The van der Waals surface area contributed by atoms with Crippen LogP contribution < -0.4 is 5.32 Å². The number of ether oxygens (including phenoxy) is 1. The summed E-state index contributed by atoms with van der Waals surface area (Å²) >= 11 is 5.95. The van der Waals surface area contributed by atoms with E-state index in [1.807, 2.05) is 0 Å². The maximum atomic E-state index is 11.8. The Morgan fingerprint density at radius 1 is 1.50 bits per heavy atom. The number of rotatable bonds is 5. The topological polar surface area (TPSA) is 51.2 Å². The van der Waals surface area contributed by atoms with Gasteiger partial charge in [0.2, 0.25) is 0 Å². The van der Waals surface area contributed by atoms with Gasteiger partial charge in [0.25, 0.3) is 0 Å².